The summed E-state index contributed by atoms with van der Waals surface area (Å²) >= 11 is 0. The van der Waals surface area contributed by atoms with Crippen LogP contribution in [0, 0.1) is 0 Å². The fraction of sp³-hybridized carbons (Fsp3) is 0.458. The molecule has 0 bridgehead atoms. The third-order valence-electron chi connectivity index (χ3n) is 6.20. The van der Waals surface area contributed by atoms with Gasteiger partial charge in [0.2, 0.25) is 0 Å². The number of rotatable bonds is 7. The standard InChI is InChI=1S/C24H33N3O2/c1-5-18(2)20-10-6-7-11-21(20)25-24(28)19(3)26-14-16-27(17-15-26)22-12-8-9-13-23(22)29-4/h6-13,18-19H,5,14-17H2,1-4H3,(H,25,28)/p+1/t18-,19-/m1/s1. The summed E-state index contributed by atoms with van der Waals surface area (Å²) in [6, 6.07) is 16.2. The zero-order chi connectivity index (χ0) is 20.8. The van der Waals surface area contributed by atoms with Gasteiger partial charge in [0, 0.05) is 5.69 Å². The van der Waals surface area contributed by atoms with Crippen LogP contribution in [0.5, 0.6) is 5.75 Å². The van der Waals surface area contributed by atoms with Crippen molar-refractivity contribution in [2.75, 3.05) is 43.5 Å². The molecule has 5 heteroatoms. The summed E-state index contributed by atoms with van der Waals surface area (Å²) in [5, 5.41) is 3.19. The van der Waals surface area contributed by atoms with Crippen LogP contribution in [-0.2, 0) is 4.79 Å². The van der Waals surface area contributed by atoms with Gasteiger partial charge in [0.05, 0.1) is 39.0 Å². The number of hydrogen-bond acceptors (Lipinski definition) is 3. The summed E-state index contributed by atoms with van der Waals surface area (Å²) in [6.45, 7) is 10.1. The van der Waals surface area contributed by atoms with Crippen molar-refractivity contribution in [3.05, 3.63) is 54.1 Å². The molecule has 5 nitrogen and oxygen atoms in total. The molecule has 1 heterocycles. The minimum Gasteiger partial charge on any atom is -0.495 e. The molecule has 0 radical (unpaired) electrons. The van der Waals surface area contributed by atoms with E-state index < -0.39 is 0 Å². The van der Waals surface area contributed by atoms with E-state index in [0.717, 1.165) is 49.7 Å². The third-order valence-corrected chi connectivity index (χ3v) is 6.20. The van der Waals surface area contributed by atoms with Gasteiger partial charge >= 0.3 is 0 Å². The first kappa shape index (κ1) is 21.2. The predicted octanol–water partition coefficient (Wildman–Crippen LogP) is 2.94. The number of benzene rings is 2. The van der Waals surface area contributed by atoms with Crippen LogP contribution < -0.4 is 19.9 Å². The number of quaternary nitrogens is 1. The lowest BCUT2D eigenvalue weighted by molar-refractivity contribution is -0.914. The van der Waals surface area contributed by atoms with Crippen molar-refractivity contribution in [2.45, 2.75) is 39.2 Å². The van der Waals surface area contributed by atoms with Crippen LogP contribution in [0.1, 0.15) is 38.7 Å². The topological polar surface area (TPSA) is 46.0 Å². The van der Waals surface area contributed by atoms with Crippen LogP contribution in [0.25, 0.3) is 0 Å². The number of carbonyl (C=O) groups is 1. The van der Waals surface area contributed by atoms with Crippen molar-refractivity contribution in [1.29, 1.82) is 0 Å². The Hall–Kier alpha value is -2.53. The molecule has 0 spiro atoms. The first-order valence-electron chi connectivity index (χ1n) is 10.7. The second kappa shape index (κ2) is 9.79. The lowest BCUT2D eigenvalue weighted by Crippen LogP contribution is -3.19. The fourth-order valence-corrected chi connectivity index (χ4v) is 4.05. The minimum atomic E-state index is -0.0835. The Morgan fingerprint density at radius 2 is 1.76 bits per heavy atom. The molecule has 2 atom stereocenters. The summed E-state index contributed by atoms with van der Waals surface area (Å²) in [5.41, 5.74) is 3.30. The fourth-order valence-electron chi connectivity index (χ4n) is 4.05. The van der Waals surface area contributed by atoms with E-state index in [-0.39, 0.29) is 11.9 Å². The van der Waals surface area contributed by atoms with E-state index in [1.54, 1.807) is 7.11 Å². The number of nitrogens with one attached hydrogen (secondary N) is 2. The van der Waals surface area contributed by atoms with Gasteiger partial charge in [-0.15, -0.1) is 0 Å². The molecule has 2 aromatic rings. The monoisotopic (exact) mass is 396 g/mol. The molecule has 156 valence electrons. The van der Waals surface area contributed by atoms with Crippen molar-refractivity contribution in [3.8, 4) is 5.75 Å². The maximum absolute atomic E-state index is 13.0. The normalized spacial score (nSPS) is 16.9. The van der Waals surface area contributed by atoms with Crippen molar-refractivity contribution in [1.82, 2.24) is 0 Å². The number of methoxy groups -OCH3 is 1. The molecule has 2 N–H and O–H groups in total. The lowest BCUT2D eigenvalue weighted by Gasteiger charge is -2.36. The highest BCUT2D eigenvalue weighted by molar-refractivity contribution is 5.94. The number of hydrogen-bond donors (Lipinski definition) is 2. The van der Waals surface area contributed by atoms with Gasteiger partial charge in [0.15, 0.2) is 6.04 Å². The second-order valence-corrected chi connectivity index (χ2v) is 7.92. The molecular weight excluding hydrogens is 362 g/mol. The van der Waals surface area contributed by atoms with Crippen LogP contribution in [0.15, 0.2) is 48.5 Å². The van der Waals surface area contributed by atoms with Crippen LogP contribution in [0.2, 0.25) is 0 Å². The summed E-state index contributed by atoms with van der Waals surface area (Å²) in [5.74, 6) is 1.43. The van der Waals surface area contributed by atoms with Crippen molar-refractivity contribution < 1.29 is 14.4 Å². The summed E-state index contributed by atoms with van der Waals surface area (Å²) in [4.78, 5) is 16.6. The summed E-state index contributed by atoms with van der Waals surface area (Å²) in [7, 11) is 1.71. The summed E-state index contributed by atoms with van der Waals surface area (Å²) < 4.78 is 5.50. The molecule has 1 aliphatic heterocycles. The van der Waals surface area contributed by atoms with Crippen LogP contribution in [0.4, 0.5) is 11.4 Å². The molecule has 2 aromatic carbocycles. The molecular formula is C24H34N3O2+. The highest BCUT2D eigenvalue weighted by Crippen LogP contribution is 2.28. The molecule has 0 aromatic heterocycles. The Kier molecular flexibility index (Phi) is 7.15. The molecule has 1 aliphatic rings. The van der Waals surface area contributed by atoms with Crippen molar-refractivity contribution in [2.24, 2.45) is 0 Å². The second-order valence-electron chi connectivity index (χ2n) is 7.92. The zero-order valence-corrected chi connectivity index (χ0v) is 18.1. The van der Waals surface area contributed by atoms with Crippen molar-refractivity contribution >= 4 is 17.3 Å². The number of nitrogens with zero attached hydrogens (tertiary/aromatic N) is 1. The Bertz CT molecular complexity index is 815. The Balaban J connectivity index is 1.61. The number of para-hydroxylation sites is 3. The van der Waals surface area contributed by atoms with Gasteiger partial charge in [0.25, 0.3) is 5.91 Å². The summed E-state index contributed by atoms with van der Waals surface area (Å²) in [6.07, 6.45) is 1.05. The van der Waals surface area contributed by atoms with E-state index in [2.05, 4.69) is 36.2 Å². The Morgan fingerprint density at radius 3 is 2.45 bits per heavy atom. The average Bonchev–Trinajstić information content (AvgIpc) is 2.78. The van der Waals surface area contributed by atoms with Crippen LogP contribution in [0.3, 0.4) is 0 Å². The van der Waals surface area contributed by atoms with Gasteiger partial charge in [-0.2, -0.15) is 0 Å². The number of carbonyl (C=O) groups excluding carboxylic acids is 1. The average molecular weight is 397 g/mol. The quantitative estimate of drug-likeness (QED) is 0.756. The van der Waals surface area contributed by atoms with E-state index in [4.69, 9.17) is 4.74 Å². The number of amides is 1. The Morgan fingerprint density at radius 1 is 1.10 bits per heavy atom. The van der Waals surface area contributed by atoms with E-state index in [0.29, 0.717) is 5.92 Å². The SMILES string of the molecule is CC[C@@H](C)c1ccccc1NC(=O)[C@@H](C)[NH+]1CCN(c2ccccc2OC)CC1. The highest BCUT2D eigenvalue weighted by Gasteiger charge is 2.30. The molecule has 0 aliphatic carbocycles. The number of piperazine rings is 1. The Labute approximate surface area is 174 Å². The van der Waals surface area contributed by atoms with Gasteiger partial charge in [-0.05, 0) is 43.0 Å². The van der Waals surface area contributed by atoms with Gasteiger partial charge in [0.1, 0.15) is 5.75 Å². The van der Waals surface area contributed by atoms with Crippen LogP contribution in [-0.4, -0.2) is 45.2 Å². The predicted molar refractivity (Wildman–Crippen MR) is 119 cm³/mol. The van der Waals surface area contributed by atoms with E-state index in [1.807, 2.05) is 43.3 Å². The maximum Gasteiger partial charge on any atom is 0.282 e. The molecule has 3 rings (SSSR count). The first-order chi connectivity index (χ1) is 14.0. The molecule has 0 saturated carbocycles. The molecule has 1 amide bonds. The first-order valence-corrected chi connectivity index (χ1v) is 10.7. The smallest absolute Gasteiger partial charge is 0.282 e. The largest absolute Gasteiger partial charge is 0.495 e. The van der Waals surface area contributed by atoms with Gasteiger partial charge in [-0.25, -0.2) is 0 Å². The van der Waals surface area contributed by atoms with E-state index >= 15 is 0 Å². The molecule has 1 fully saturated rings. The highest BCUT2D eigenvalue weighted by atomic mass is 16.5. The molecule has 0 unspecified atom stereocenters. The third kappa shape index (κ3) is 4.91. The van der Waals surface area contributed by atoms with Crippen LogP contribution >= 0.6 is 0 Å². The minimum absolute atomic E-state index is 0.0835. The van der Waals surface area contributed by atoms with Gasteiger partial charge in [-0.1, -0.05) is 44.2 Å². The zero-order valence-electron chi connectivity index (χ0n) is 18.1. The molecule has 1 saturated heterocycles. The van der Waals surface area contributed by atoms with Gasteiger partial charge < -0.3 is 19.9 Å². The molecule has 29 heavy (non-hydrogen) atoms. The maximum atomic E-state index is 13.0. The van der Waals surface area contributed by atoms with Crippen molar-refractivity contribution in [3.63, 3.8) is 0 Å². The van der Waals surface area contributed by atoms with E-state index in [1.165, 1.54) is 10.5 Å². The lowest BCUT2D eigenvalue weighted by atomic mass is 9.97. The number of ether oxygens (including phenoxy) is 1. The van der Waals surface area contributed by atoms with E-state index in [9.17, 15) is 4.79 Å². The van der Waals surface area contributed by atoms with Gasteiger partial charge in [-0.3, -0.25) is 4.79 Å². The number of anilines is 2.